The quantitative estimate of drug-likeness (QED) is 0.748. The first-order valence-corrected chi connectivity index (χ1v) is 7.47. The van der Waals surface area contributed by atoms with Crippen LogP contribution in [0, 0.1) is 5.41 Å². The lowest BCUT2D eigenvalue weighted by atomic mass is 9.63. The van der Waals surface area contributed by atoms with Gasteiger partial charge in [-0.05, 0) is 31.6 Å². The van der Waals surface area contributed by atoms with Crippen LogP contribution in [0.1, 0.15) is 59.3 Å². The molecule has 0 aromatic carbocycles. The van der Waals surface area contributed by atoms with Crippen LogP contribution in [0.4, 0.5) is 0 Å². The van der Waals surface area contributed by atoms with Gasteiger partial charge in [-0.15, -0.1) is 0 Å². The molecular formula is C15H29NO. The molecule has 0 radical (unpaired) electrons. The van der Waals surface area contributed by atoms with E-state index in [4.69, 9.17) is 4.74 Å². The molecule has 1 unspecified atom stereocenters. The number of ether oxygens (including phenoxy) is 1. The van der Waals surface area contributed by atoms with Gasteiger partial charge in [-0.2, -0.15) is 0 Å². The van der Waals surface area contributed by atoms with Crippen molar-refractivity contribution in [3.63, 3.8) is 0 Å². The smallest absolute Gasteiger partial charge is 0.0594 e. The average molecular weight is 239 g/mol. The lowest BCUT2D eigenvalue weighted by Gasteiger charge is -2.52. The van der Waals surface area contributed by atoms with Crippen molar-refractivity contribution in [2.24, 2.45) is 5.41 Å². The van der Waals surface area contributed by atoms with Crippen LogP contribution in [0.25, 0.3) is 0 Å². The summed E-state index contributed by atoms with van der Waals surface area (Å²) in [5.74, 6) is 0. The Morgan fingerprint density at radius 2 is 1.71 bits per heavy atom. The van der Waals surface area contributed by atoms with Crippen molar-refractivity contribution in [3.8, 4) is 0 Å². The Hall–Kier alpha value is -0.0800. The summed E-state index contributed by atoms with van der Waals surface area (Å²) in [5, 5.41) is 0. The van der Waals surface area contributed by atoms with Crippen LogP contribution in [0.2, 0.25) is 0 Å². The van der Waals surface area contributed by atoms with Crippen molar-refractivity contribution in [2.45, 2.75) is 64.8 Å². The molecule has 0 aromatic rings. The molecule has 0 bridgehead atoms. The van der Waals surface area contributed by atoms with E-state index in [1.54, 1.807) is 0 Å². The van der Waals surface area contributed by atoms with E-state index in [1.807, 2.05) is 0 Å². The largest absolute Gasteiger partial charge is 0.379 e. The lowest BCUT2D eigenvalue weighted by Crippen LogP contribution is -2.55. The Kier molecular flexibility index (Phi) is 4.14. The molecule has 2 heteroatoms. The minimum Gasteiger partial charge on any atom is -0.379 e. The zero-order valence-corrected chi connectivity index (χ0v) is 11.9. The Bertz CT molecular complexity index is 243. The highest BCUT2D eigenvalue weighted by Gasteiger charge is 2.43. The lowest BCUT2D eigenvalue weighted by molar-refractivity contribution is -0.0567. The SMILES string of the molecule is CCC1(CC)CCCC(C)(N2CCOCC2)C1. The summed E-state index contributed by atoms with van der Waals surface area (Å²) >= 11 is 0. The minimum absolute atomic E-state index is 0.439. The highest BCUT2D eigenvalue weighted by molar-refractivity contribution is 4.98. The molecule has 0 amide bonds. The van der Waals surface area contributed by atoms with Crippen LogP contribution >= 0.6 is 0 Å². The molecule has 1 saturated carbocycles. The molecule has 2 aliphatic rings. The molecule has 1 heterocycles. The third-order valence-electron chi connectivity index (χ3n) is 5.45. The molecule has 17 heavy (non-hydrogen) atoms. The molecule has 1 atom stereocenters. The van der Waals surface area contributed by atoms with E-state index in [2.05, 4.69) is 25.7 Å². The fraction of sp³-hybridized carbons (Fsp3) is 1.00. The summed E-state index contributed by atoms with van der Waals surface area (Å²) in [5.41, 5.74) is 1.05. The number of hydrogen-bond donors (Lipinski definition) is 0. The van der Waals surface area contributed by atoms with Crippen LogP contribution in [-0.4, -0.2) is 36.7 Å². The van der Waals surface area contributed by atoms with Gasteiger partial charge in [0.15, 0.2) is 0 Å². The topological polar surface area (TPSA) is 12.5 Å². The van der Waals surface area contributed by atoms with Crippen LogP contribution in [-0.2, 0) is 4.74 Å². The number of rotatable bonds is 3. The molecule has 1 aliphatic carbocycles. The summed E-state index contributed by atoms with van der Waals surface area (Å²) in [6.07, 6.45) is 8.34. The van der Waals surface area contributed by atoms with Crippen molar-refractivity contribution >= 4 is 0 Å². The minimum atomic E-state index is 0.439. The van der Waals surface area contributed by atoms with E-state index in [0.29, 0.717) is 11.0 Å². The van der Waals surface area contributed by atoms with Crippen molar-refractivity contribution in [3.05, 3.63) is 0 Å². The van der Waals surface area contributed by atoms with E-state index in [0.717, 1.165) is 26.3 Å². The number of nitrogens with zero attached hydrogens (tertiary/aromatic N) is 1. The van der Waals surface area contributed by atoms with Gasteiger partial charge in [-0.1, -0.05) is 33.1 Å². The highest BCUT2D eigenvalue weighted by Crippen LogP contribution is 2.48. The zero-order valence-electron chi connectivity index (χ0n) is 11.9. The Balaban J connectivity index is 2.07. The van der Waals surface area contributed by atoms with E-state index >= 15 is 0 Å². The van der Waals surface area contributed by atoms with Gasteiger partial charge in [0.25, 0.3) is 0 Å². The normalized spacial score (nSPS) is 34.8. The molecule has 1 saturated heterocycles. The summed E-state index contributed by atoms with van der Waals surface area (Å²) in [6.45, 7) is 11.4. The van der Waals surface area contributed by atoms with Crippen LogP contribution in [0.15, 0.2) is 0 Å². The monoisotopic (exact) mass is 239 g/mol. The van der Waals surface area contributed by atoms with Crippen molar-refractivity contribution in [1.29, 1.82) is 0 Å². The summed E-state index contributed by atoms with van der Waals surface area (Å²) < 4.78 is 5.50. The standard InChI is InChI=1S/C15H29NO/c1-4-15(5-2)8-6-7-14(3,13-15)16-9-11-17-12-10-16/h4-13H2,1-3H3. The maximum Gasteiger partial charge on any atom is 0.0594 e. The predicted octanol–water partition coefficient (Wildman–Crippen LogP) is 3.46. The second-order valence-electron chi connectivity index (χ2n) is 6.33. The Labute approximate surface area is 107 Å². The zero-order chi connectivity index (χ0) is 12.4. The van der Waals surface area contributed by atoms with Gasteiger partial charge < -0.3 is 4.74 Å². The molecule has 1 aliphatic heterocycles. The van der Waals surface area contributed by atoms with Crippen molar-refractivity contribution < 1.29 is 4.74 Å². The maximum atomic E-state index is 5.50. The third-order valence-corrected chi connectivity index (χ3v) is 5.45. The first-order valence-electron chi connectivity index (χ1n) is 7.47. The van der Waals surface area contributed by atoms with Crippen LogP contribution in [0.5, 0.6) is 0 Å². The van der Waals surface area contributed by atoms with Crippen LogP contribution < -0.4 is 0 Å². The maximum absolute atomic E-state index is 5.50. The molecular weight excluding hydrogens is 210 g/mol. The van der Waals surface area contributed by atoms with Gasteiger partial charge >= 0.3 is 0 Å². The Morgan fingerprint density at radius 1 is 1.06 bits per heavy atom. The first-order chi connectivity index (χ1) is 8.14. The van der Waals surface area contributed by atoms with Gasteiger partial charge in [0, 0.05) is 18.6 Å². The van der Waals surface area contributed by atoms with E-state index < -0.39 is 0 Å². The first kappa shape index (κ1) is 13.4. The summed E-state index contributed by atoms with van der Waals surface area (Å²) in [7, 11) is 0. The molecule has 0 spiro atoms. The van der Waals surface area contributed by atoms with Gasteiger partial charge in [-0.25, -0.2) is 0 Å². The molecule has 2 rings (SSSR count). The fourth-order valence-electron chi connectivity index (χ4n) is 4.06. The highest BCUT2D eigenvalue weighted by atomic mass is 16.5. The Morgan fingerprint density at radius 3 is 2.29 bits per heavy atom. The van der Waals surface area contributed by atoms with Crippen molar-refractivity contribution in [2.75, 3.05) is 26.3 Å². The fourth-order valence-corrected chi connectivity index (χ4v) is 4.06. The van der Waals surface area contributed by atoms with Crippen molar-refractivity contribution in [1.82, 2.24) is 4.90 Å². The van der Waals surface area contributed by atoms with Gasteiger partial charge in [0.1, 0.15) is 0 Å². The van der Waals surface area contributed by atoms with E-state index in [-0.39, 0.29) is 0 Å². The third kappa shape index (κ3) is 2.68. The average Bonchev–Trinajstić information content (AvgIpc) is 2.40. The molecule has 0 N–H and O–H groups in total. The van der Waals surface area contributed by atoms with Crippen LogP contribution in [0.3, 0.4) is 0 Å². The van der Waals surface area contributed by atoms with E-state index in [9.17, 15) is 0 Å². The van der Waals surface area contributed by atoms with Gasteiger partial charge in [-0.3, -0.25) is 4.90 Å². The van der Waals surface area contributed by atoms with Gasteiger partial charge in [0.05, 0.1) is 13.2 Å². The van der Waals surface area contributed by atoms with Gasteiger partial charge in [0.2, 0.25) is 0 Å². The number of morpholine rings is 1. The second-order valence-corrected chi connectivity index (χ2v) is 6.33. The molecule has 2 nitrogen and oxygen atoms in total. The number of hydrogen-bond acceptors (Lipinski definition) is 2. The summed E-state index contributed by atoms with van der Waals surface area (Å²) in [6, 6.07) is 0. The molecule has 2 fully saturated rings. The second kappa shape index (κ2) is 5.27. The van der Waals surface area contributed by atoms with E-state index in [1.165, 1.54) is 38.5 Å². The predicted molar refractivity (Wildman–Crippen MR) is 72.3 cm³/mol. The molecule has 0 aromatic heterocycles. The summed E-state index contributed by atoms with van der Waals surface area (Å²) in [4.78, 5) is 2.70. The molecule has 100 valence electrons.